The van der Waals surface area contributed by atoms with E-state index in [2.05, 4.69) is 16.0 Å². The average Bonchev–Trinajstić information content (AvgIpc) is 2.42. The maximum absolute atomic E-state index is 11.7. The van der Waals surface area contributed by atoms with Gasteiger partial charge in [0.25, 0.3) is 0 Å². The normalized spacial score (nSPS) is 9.86. The highest BCUT2D eigenvalue weighted by atomic mass is 16.4. The number of carboxylic acids is 1. The largest absolute Gasteiger partial charge is 0.481 e. The first-order chi connectivity index (χ1) is 10.5. The van der Waals surface area contributed by atoms with Gasteiger partial charge in [-0.1, -0.05) is 12.5 Å². The number of carboxylic acid groups (broad SMARTS) is 1. The zero-order valence-electron chi connectivity index (χ0n) is 12.5. The lowest BCUT2D eigenvalue weighted by Gasteiger charge is -2.09. The van der Waals surface area contributed by atoms with Crippen LogP contribution in [-0.2, 0) is 9.59 Å². The molecule has 0 bridgehead atoms. The predicted octanol–water partition coefficient (Wildman–Crippen LogP) is 2.41. The van der Waals surface area contributed by atoms with Crippen molar-refractivity contribution >= 4 is 29.3 Å². The van der Waals surface area contributed by atoms with Crippen LogP contribution in [0.3, 0.4) is 0 Å². The van der Waals surface area contributed by atoms with E-state index in [1.807, 2.05) is 0 Å². The van der Waals surface area contributed by atoms with Crippen LogP contribution in [0.25, 0.3) is 0 Å². The molecule has 7 heteroatoms. The minimum atomic E-state index is -0.801. The molecule has 1 aromatic rings. The van der Waals surface area contributed by atoms with Crippen LogP contribution in [0.4, 0.5) is 16.2 Å². The molecule has 0 atom stereocenters. The van der Waals surface area contributed by atoms with Crippen molar-refractivity contribution in [2.24, 2.45) is 0 Å². The highest BCUT2D eigenvalue weighted by molar-refractivity contribution is 5.92. The molecule has 0 heterocycles. The number of benzene rings is 1. The number of anilines is 2. The molecular formula is C15H21N3O4. The van der Waals surface area contributed by atoms with Crippen molar-refractivity contribution in [2.45, 2.75) is 32.6 Å². The van der Waals surface area contributed by atoms with Crippen LogP contribution < -0.4 is 16.0 Å². The first-order valence-corrected chi connectivity index (χ1v) is 7.11. The fourth-order valence-electron chi connectivity index (χ4n) is 1.83. The molecule has 0 aliphatic rings. The zero-order valence-corrected chi connectivity index (χ0v) is 12.5. The molecule has 0 saturated carbocycles. The number of carbonyl (C=O) groups is 3. The Morgan fingerprint density at radius 2 is 1.73 bits per heavy atom. The number of rotatable bonds is 8. The Hall–Kier alpha value is -2.57. The summed E-state index contributed by atoms with van der Waals surface area (Å²) in [4.78, 5) is 33.0. The Bertz CT molecular complexity index is 531. The third-order valence-electron chi connectivity index (χ3n) is 2.79. The van der Waals surface area contributed by atoms with Crippen LogP contribution in [0.15, 0.2) is 24.3 Å². The van der Waals surface area contributed by atoms with Gasteiger partial charge in [-0.2, -0.15) is 0 Å². The average molecular weight is 307 g/mol. The first kappa shape index (κ1) is 17.5. The lowest BCUT2D eigenvalue weighted by Crippen LogP contribution is -2.29. The van der Waals surface area contributed by atoms with Crippen LogP contribution in [0.5, 0.6) is 0 Å². The number of carbonyl (C=O) groups excluding carboxylic acids is 2. The summed E-state index contributed by atoms with van der Waals surface area (Å²) in [5.74, 6) is -0.979. The summed E-state index contributed by atoms with van der Waals surface area (Å²) in [6, 6.07) is 6.50. The monoisotopic (exact) mass is 307 g/mol. The molecule has 7 nitrogen and oxygen atoms in total. The molecule has 0 aliphatic carbocycles. The number of nitrogens with one attached hydrogen (secondary N) is 3. The molecule has 0 radical (unpaired) electrons. The van der Waals surface area contributed by atoms with Gasteiger partial charge in [0.1, 0.15) is 0 Å². The third kappa shape index (κ3) is 7.88. The summed E-state index contributed by atoms with van der Waals surface area (Å²) in [5, 5.41) is 16.5. The van der Waals surface area contributed by atoms with E-state index >= 15 is 0 Å². The van der Waals surface area contributed by atoms with E-state index in [0.717, 1.165) is 12.8 Å². The molecule has 120 valence electrons. The smallest absolute Gasteiger partial charge is 0.319 e. The van der Waals surface area contributed by atoms with E-state index in [4.69, 9.17) is 5.11 Å². The van der Waals surface area contributed by atoms with E-state index in [0.29, 0.717) is 24.3 Å². The van der Waals surface area contributed by atoms with Crippen molar-refractivity contribution in [3.63, 3.8) is 0 Å². The van der Waals surface area contributed by atoms with E-state index < -0.39 is 5.97 Å². The SMILES string of the molecule is CC(=O)Nc1cccc(NC(=O)NCCCCCC(=O)O)c1. The lowest BCUT2D eigenvalue weighted by molar-refractivity contribution is -0.137. The van der Waals surface area contributed by atoms with Crippen molar-refractivity contribution < 1.29 is 19.5 Å². The molecule has 0 saturated heterocycles. The summed E-state index contributed by atoms with van der Waals surface area (Å²) in [7, 11) is 0. The number of unbranched alkanes of at least 4 members (excludes halogenated alkanes) is 2. The standard InChI is InChI=1S/C15H21N3O4/c1-11(19)17-12-6-5-7-13(10-12)18-15(22)16-9-4-2-3-8-14(20)21/h5-7,10H,2-4,8-9H2,1H3,(H,17,19)(H,20,21)(H2,16,18,22). The van der Waals surface area contributed by atoms with Crippen LogP contribution in [0, 0.1) is 0 Å². The van der Waals surface area contributed by atoms with Gasteiger partial charge in [0, 0.05) is 31.3 Å². The van der Waals surface area contributed by atoms with Crippen LogP contribution in [0.1, 0.15) is 32.6 Å². The Morgan fingerprint density at radius 3 is 2.36 bits per heavy atom. The first-order valence-electron chi connectivity index (χ1n) is 7.11. The highest BCUT2D eigenvalue weighted by Gasteiger charge is 2.03. The van der Waals surface area contributed by atoms with Crippen LogP contribution >= 0.6 is 0 Å². The van der Waals surface area contributed by atoms with Crippen molar-refractivity contribution in [1.29, 1.82) is 0 Å². The van der Waals surface area contributed by atoms with Gasteiger partial charge in [-0.05, 0) is 31.0 Å². The Morgan fingerprint density at radius 1 is 1.05 bits per heavy atom. The van der Waals surface area contributed by atoms with E-state index in [9.17, 15) is 14.4 Å². The molecule has 0 aromatic heterocycles. The Kier molecular flexibility index (Phi) is 7.45. The second-order valence-corrected chi connectivity index (χ2v) is 4.85. The van der Waals surface area contributed by atoms with Gasteiger partial charge in [-0.25, -0.2) is 4.79 Å². The number of amides is 3. The van der Waals surface area contributed by atoms with E-state index in [1.54, 1.807) is 24.3 Å². The molecule has 1 aromatic carbocycles. The van der Waals surface area contributed by atoms with Crippen molar-refractivity contribution in [2.75, 3.05) is 17.2 Å². The van der Waals surface area contributed by atoms with Crippen LogP contribution in [-0.4, -0.2) is 29.6 Å². The highest BCUT2D eigenvalue weighted by Crippen LogP contribution is 2.14. The summed E-state index contributed by atoms with van der Waals surface area (Å²) >= 11 is 0. The number of aliphatic carboxylic acids is 1. The summed E-state index contributed by atoms with van der Waals surface area (Å²) in [6.07, 6.45) is 2.25. The Balaban J connectivity index is 2.27. The van der Waals surface area contributed by atoms with Gasteiger partial charge in [0.15, 0.2) is 0 Å². The van der Waals surface area contributed by atoms with Gasteiger partial charge in [-0.3, -0.25) is 9.59 Å². The van der Waals surface area contributed by atoms with Crippen molar-refractivity contribution in [3.05, 3.63) is 24.3 Å². The third-order valence-corrected chi connectivity index (χ3v) is 2.79. The second kappa shape index (κ2) is 9.38. The number of hydrogen-bond donors (Lipinski definition) is 4. The van der Waals surface area contributed by atoms with Gasteiger partial charge < -0.3 is 21.1 Å². The number of urea groups is 1. The van der Waals surface area contributed by atoms with Gasteiger partial charge >= 0.3 is 12.0 Å². The maximum atomic E-state index is 11.7. The number of hydrogen-bond acceptors (Lipinski definition) is 3. The molecular weight excluding hydrogens is 286 g/mol. The minimum absolute atomic E-state index is 0.155. The van der Waals surface area contributed by atoms with E-state index in [-0.39, 0.29) is 18.4 Å². The Labute approximate surface area is 129 Å². The summed E-state index contributed by atoms with van der Waals surface area (Å²) in [5.41, 5.74) is 1.19. The molecule has 1 rings (SSSR count). The van der Waals surface area contributed by atoms with Gasteiger partial charge in [0.2, 0.25) is 5.91 Å². The van der Waals surface area contributed by atoms with Crippen molar-refractivity contribution in [3.8, 4) is 0 Å². The summed E-state index contributed by atoms with van der Waals surface area (Å²) < 4.78 is 0. The fourth-order valence-corrected chi connectivity index (χ4v) is 1.83. The summed E-state index contributed by atoms with van der Waals surface area (Å²) in [6.45, 7) is 1.90. The maximum Gasteiger partial charge on any atom is 0.319 e. The molecule has 22 heavy (non-hydrogen) atoms. The lowest BCUT2D eigenvalue weighted by atomic mass is 10.2. The van der Waals surface area contributed by atoms with Gasteiger partial charge in [0.05, 0.1) is 0 Å². The van der Waals surface area contributed by atoms with E-state index in [1.165, 1.54) is 6.92 Å². The quantitative estimate of drug-likeness (QED) is 0.553. The van der Waals surface area contributed by atoms with Crippen LogP contribution in [0.2, 0.25) is 0 Å². The zero-order chi connectivity index (χ0) is 16.4. The molecule has 0 unspecified atom stereocenters. The predicted molar refractivity (Wildman–Crippen MR) is 83.9 cm³/mol. The molecule has 0 aliphatic heterocycles. The second-order valence-electron chi connectivity index (χ2n) is 4.85. The topological polar surface area (TPSA) is 108 Å². The molecule has 0 fully saturated rings. The minimum Gasteiger partial charge on any atom is -0.481 e. The van der Waals surface area contributed by atoms with Crippen molar-refractivity contribution in [1.82, 2.24) is 5.32 Å². The van der Waals surface area contributed by atoms with Gasteiger partial charge in [-0.15, -0.1) is 0 Å². The molecule has 3 amide bonds. The molecule has 4 N–H and O–H groups in total. The molecule has 0 spiro atoms. The fraction of sp³-hybridized carbons (Fsp3) is 0.400.